The number of rotatable bonds is 2. The molecule has 0 saturated heterocycles. The average Bonchev–Trinajstić information content (AvgIpc) is 2.50. The molecule has 0 unspecified atom stereocenters. The molecule has 0 saturated carbocycles. The molecule has 1 N–H and O–H groups in total. The molecule has 0 amide bonds. The highest BCUT2D eigenvalue weighted by Crippen LogP contribution is 2.26. The van der Waals surface area contributed by atoms with Crippen molar-refractivity contribution in [3.8, 4) is 22.6 Å². The van der Waals surface area contributed by atoms with Gasteiger partial charge in [-0.1, -0.05) is 12.1 Å². The lowest BCUT2D eigenvalue weighted by molar-refractivity contribution is 0.415. The van der Waals surface area contributed by atoms with Crippen molar-refractivity contribution in [1.29, 1.82) is 0 Å². The van der Waals surface area contributed by atoms with E-state index in [2.05, 4.69) is 0 Å². The Hall–Kier alpha value is -2.75. The lowest BCUT2D eigenvalue weighted by Gasteiger charge is -2.06. The number of aromatic hydroxyl groups is 1. The molecule has 0 atom stereocenters. The van der Waals surface area contributed by atoms with Gasteiger partial charge in [-0.25, -0.2) is 0 Å². The van der Waals surface area contributed by atoms with E-state index in [1.165, 1.54) is 12.3 Å². The number of fused-ring (bicyclic) bond motifs is 1. The van der Waals surface area contributed by atoms with Crippen LogP contribution in [0.25, 0.3) is 22.1 Å². The maximum absolute atomic E-state index is 12.5. The number of ether oxygens (including phenoxy) is 1. The third kappa shape index (κ3) is 2.25. The van der Waals surface area contributed by atoms with Crippen molar-refractivity contribution in [3.63, 3.8) is 0 Å². The molecule has 4 heteroatoms. The molecule has 106 valence electrons. The summed E-state index contributed by atoms with van der Waals surface area (Å²) in [6.45, 7) is 1.76. The maximum atomic E-state index is 12.5. The third-order valence-electron chi connectivity index (χ3n) is 3.49. The van der Waals surface area contributed by atoms with Crippen LogP contribution in [0.1, 0.15) is 5.56 Å². The van der Waals surface area contributed by atoms with Gasteiger partial charge in [0.05, 0.1) is 18.1 Å². The zero-order chi connectivity index (χ0) is 15.0. The second-order valence-corrected chi connectivity index (χ2v) is 4.84. The number of methoxy groups -OCH3 is 1. The van der Waals surface area contributed by atoms with Crippen LogP contribution in [0, 0.1) is 6.92 Å². The van der Waals surface area contributed by atoms with Crippen LogP contribution in [-0.2, 0) is 0 Å². The van der Waals surface area contributed by atoms with E-state index < -0.39 is 0 Å². The van der Waals surface area contributed by atoms with Gasteiger partial charge in [0.2, 0.25) is 5.43 Å². The molecule has 0 aliphatic rings. The SMILES string of the molecule is COc1ccc(-c2coc3cc(C)c(O)cc3c2=O)cc1. The van der Waals surface area contributed by atoms with Crippen LogP contribution < -0.4 is 10.2 Å². The Morgan fingerprint density at radius 3 is 2.52 bits per heavy atom. The molecule has 2 aromatic carbocycles. The molecule has 0 radical (unpaired) electrons. The highest BCUT2D eigenvalue weighted by Gasteiger charge is 2.11. The van der Waals surface area contributed by atoms with Crippen molar-refractivity contribution in [1.82, 2.24) is 0 Å². The molecule has 1 aromatic heterocycles. The van der Waals surface area contributed by atoms with Crippen LogP contribution in [0.3, 0.4) is 0 Å². The molecule has 3 aromatic rings. The Labute approximate surface area is 121 Å². The van der Waals surface area contributed by atoms with E-state index >= 15 is 0 Å². The highest BCUT2D eigenvalue weighted by molar-refractivity contribution is 5.83. The summed E-state index contributed by atoms with van der Waals surface area (Å²) in [5.74, 6) is 0.805. The standard InChI is InChI=1S/C17H14O4/c1-10-7-16-13(8-15(10)18)17(19)14(9-21-16)11-3-5-12(20-2)6-4-11/h3-9,18H,1-2H3. The predicted molar refractivity (Wildman–Crippen MR) is 80.9 cm³/mol. The topological polar surface area (TPSA) is 59.7 Å². The first kappa shape index (κ1) is 13.2. The number of phenols is 1. The van der Waals surface area contributed by atoms with Crippen molar-refractivity contribution in [2.45, 2.75) is 6.92 Å². The second-order valence-electron chi connectivity index (χ2n) is 4.84. The molecule has 21 heavy (non-hydrogen) atoms. The molecule has 0 aliphatic carbocycles. The summed E-state index contributed by atoms with van der Waals surface area (Å²) in [6.07, 6.45) is 1.45. The monoisotopic (exact) mass is 282 g/mol. The molecule has 0 fully saturated rings. The van der Waals surface area contributed by atoms with E-state index in [1.54, 1.807) is 44.4 Å². The Morgan fingerprint density at radius 2 is 1.86 bits per heavy atom. The molecular formula is C17H14O4. The molecule has 0 aliphatic heterocycles. The summed E-state index contributed by atoms with van der Waals surface area (Å²) in [7, 11) is 1.59. The number of phenolic OH excluding ortho intramolecular Hbond substituents is 1. The van der Waals surface area contributed by atoms with Crippen molar-refractivity contribution < 1.29 is 14.3 Å². The minimum Gasteiger partial charge on any atom is -0.508 e. The minimum atomic E-state index is -0.170. The molecule has 1 heterocycles. The van der Waals surface area contributed by atoms with Gasteiger partial charge < -0.3 is 14.3 Å². The molecular weight excluding hydrogens is 268 g/mol. The van der Waals surface area contributed by atoms with Gasteiger partial charge in [0.1, 0.15) is 23.3 Å². The summed E-state index contributed by atoms with van der Waals surface area (Å²) in [4.78, 5) is 12.5. The number of benzene rings is 2. The Kier molecular flexibility index (Phi) is 3.14. The van der Waals surface area contributed by atoms with Gasteiger partial charge in [-0.05, 0) is 42.3 Å². The van der Waals surface area contributed by atoms with Crippen molar-refractivity contribution in [3.05, 3.63) is 58.4 Å². The fourth-order valence-corrected chi connectivity index (χ4v) is 2.24. The van der Waals surface area contributed by atoms with Crippen LogP contribution in [0.2, 0.25) is 0 Å². The van der Waals surface area contributed by atoms with Gasteiger partial charge in [-0.15, -0.1) is 0 Å². The first-order valence-electron chi connectivity index (χ1n) is 6.49. The second kappa shape index (κ2) is 4.98. The van der Waals surface area contributed by atoms with Crippen LogP contribution in [-0.4, -0.2) is 12.2 Å². The number of hydrogen-bond donors (Lipinski definition) is 1. The van der Waals surface area contributed by atoms with Gasteiger partial charge in [-0.3, -0.25) is 4.79 Å². The van der Waals surface area contributed by atoms with Gasteiger partial charge in [0.15, 0.2) is 0 Å². The maximum Gasteiger partial charge on any atom is 0.200 e. The molecule has 0 spiro atoms. The zero-order valence-electron chi connectivity index (χ0n) is 11.7. The Morgan fingerprint density at radius 1 is 1.14 bits per heavy atom. The number of hydrogen-bond acceptors (Lipinski definition) is 4. The summed E-state index contributed by atoms with van der Waals surface area (Å²) in [5.41, 5.74) is 2.16. The van der Waals surface area contributed by atoms with Gasteiger partial charge in [0, 0.05) is 0 Å². The average molecular weight is 282 g/mol. The summed E-state index contributed by atoms with van der Waals surface area (Å²) in [5, 5.41) is 10.1. The van der Waals surface area contributed by atoms with Crippen molar-refractivity contribution >= 4 is 11.0 Å². The van der Waals surface area contributed by atoms with E-state index in [9.17, 15) is 9.90 Å². The minimum absolute atomic E-state index is 0.0849. The molecule has 3 rings (SSSR count). The number of aryl methyl sites for hydroxylation is 1. The molecule has 0 bridgehead atoms. The summed E-state index contributed by atoms with van der Waals surface area (Å²) in [6, 6.07) is 10.3. The predicted octanol–water partition coefficient (Wildman–Crippen LogP) is 3.48. The van der Waals surface area contributed by atoms with Crippen LogP contribution in [0.5, 0.6) is 11.5 Å². The smallest absolute Gasteiger partial charge is 0.200 e. The fraction of sp³-hybridized carbons (Fsp3) is 0.118. The van der Waals surface area contributed by atoms with Gasteiger partial charge >= 0.3 is 0 Å². The quantitative estimate of drug-likeness (QED) is 0.781. The van der Waals surface area contributed by atoms with Gasteiger partial charge in [-0.2, -0.15) is 0 Å². The van der Waals surface area contributed by atoms with Crippen LogP contribution in [0.15, 0.2) is 51.9 Å². The Balaban J connectivity index is 2.21. The Bertz CT molecular complexity index is 860. The zero-order valence-corrected chi connectivity index (χ0v) is 11.7. The lowest BCUT2D eigenvalue weighted by atomic mass is 10.0. The third-order valence-corrected chi connectivity index (χ3v) is 3.49. The van der Waals surface area contributed by atoms with Crippen molar-refractivity contribution in [2.24, 2.45) is 0 Å². The van der Waals surface area contributed by atoms with Crippen molar-refractivity contribution in [2.75, 3.05) is 7.11 Å². The van der Waals surface area contributed by atoms with E-state index in [0.29, 0.717) is 22.1 Å². The van der Waals surface area contributed by atoms with Gasteiger partial charge in [0.25, 0.3) is 0 Å². The van der Waals surface area contributed by atoms with E-state index in [1.807, 2.05) is 0 Å². The van der Waals surface area contributed by atoms with Crippen LogP contribution >= 0.6 is 0 Å². The fourth-order valence-electron chi connectivity index (χ4n) is 2.24. The highest BCUT2D eigenvalue weighted by atomic mass is 16.5. The summed E-state index contributed by atoms with van der Waals surface area (Å²) >= 11 is 0. The lowest BCUT2D eigenvalue weighted by Crippen LogP contribution is -2.04. The first-order chi connectivity index (χ1) is 10.1. The summed E-state index contributed by atoms with van der Waals surface area (Å²) < 4.78 is 10.6. The molecule has 4 nitrogen and oxygen atoms in total. The normalized spacial score (nSPS) is 10.8. The first-order valence-corrected chi connectivity index (χ1v) is 6.49. The van der Waals surface area contributed by atoms with Crippen LogP contribution in [0.4, 0.5) is 0 Å². The van der Waals surface area contributed by atoms with E-state index in [4.69, 9.17) is 9.15 Å². The van der Waals surface area contributed by atoms with E-state index in [0.717, 1.165) is 11.3 Å². The van der Waals surface area contributed by atoms with E-state index in [-0.39, 0.29) is 11.2 Å². The largest absolute Gasteiger partial charge is 0.508 e.